The molecule has 0 aliphatic carbocycles. The van der Waals surface area contributed by atoms with Crippen molar-refractivity contribution in [3.8, 4) is 5.69 Å². The van der Waals surface area contributed by atoms with E-state index in [4.69, 9.17) is 10.7 Å². The molecule has 9 nitrogen and oxygen atoms in total. The van der Waals surface area contributed by atoms with Gasteiger partial charge in [0.25, 0.3) is 0 Å². The molecule has 13 heteroatoms. The summed E-state index contributed by atoms with van der Waals surface area (Å²) in [5, 5.41) is 8.20. The Morgan fingerprint density at radius 1 is 1.11 bits per heavy atom. The van der Waals surface area contributed by atoms with Crippen LogP contribution in [0.1, 0.15) is 32.3 Å². The Hall–Kier alpha value is -2.93. The fourth-order valence-corrected chi connectivity index (χ4v) is 6.03. The number of nitrogens with one attached hydrogen (secondary N) is 1. The van der Waals surface area contributed by atoms with Crippen LogP contribution >= 0.6 is 0 Å². The highest BCUT2D eigenvalue weighted by molar-refractivity contribution is 7.91. The van der Waals surface area contributed by atoms with Crippen LogP contribution in [-0.4, -0.2) is 64.3 Å². The Morgan fingerprint density at radius 2 is 1.81 bits per heavy atom. The molecule has 5 rings (SSSR count). The highest BCUT2D eigenvalue weighted by Crippen LogP contribution is 2.36. The van der Waals surface area contributed by atoms with Crippen molar-refractivity contribution in [2.45, 2.75) is 44.4 Å². The van der Waals surface area contributed by atoms with Crippen LogP contribution in [0.15, 0.2) is 30.5 Å². The molecule has 0 radical (unpaired) electrons. The summed E-state index contributed by atoms with van der Waals surface area (Å²) in [5.74, 6) is 1.32. The quantitative estimate of drug-likeness (QED) is 0.524. The Labute approximate surface area is 206 Å². The van der Waals surface area contributed by atoms with Gasteiger partial charge in [-0.3, -0.25) is 0 Å². The summed E-state index contributed by atoms with van der Waals surface area (Å²) in [4.78, 5) is 11.4. The number of fused-ring (bicyclic) bond motifs is 1. The van der Waals surface area contributed by atoms with Gasteiger partial charge in [0.2, 0.25) is 5.95 Å². The number of benzene rings is 1. The van der Waals surface area contributed by atoms with Gasteiger partial charge < -0.3 is 16.0 Å². The van der Waals surface area contributed by atoms with Crippen LogP contribution in [0.5, 0.6) is 0 Å². The van der Waals surface area contributed by atoms with Gasteiger partial charge >= 0.3 is 6.18 Å². The maximum Gasteiger partial charge on any atom is 0.416 e. The normalized spacial score (nSPS) is 19.4. The van der Waals surface area contributed by atoms with E-state index in [0.717, 1.165) is 12.1 Å². The number of rotatable bonds is 5. The van der Waals surface area contributed by atoms with E-state index < -0.39 is 21.6 Å². The van der Waals surface area contributed by atoms with E-state index in [0.29, 0.717) is 42.8 Å². The van der Waals surface area contributed by atoms with Gasteiger partial charge in [0, 0.05) is 30.6 Å². The lowest BCUT2D eigenvalue weighted by Gasteiger charge is -2.46. The molecular weight excluding hydrogens is 495 g/mol. The number of hydrogen-bond donors (Lipinski definition) is 2. The molecule has 1 aromatic carbocycles. The first-order valence-electron chi connectivity index (χ1n) is 11.7. The summed E-state index contributed by atoms with van der Waals surface area (Å²) in [5.41, 5.74) is 5.71. The van der Waals surface area contributed by atoms with Crippen LogP contribution in [0.4, 0.5) is 24.9 Å². The molecular formula is C23H28F3N7O2S. The van der Waals surface area contributed by atoms with Crippen molar-refractivity contribution < 1.29 is 21.6 Å². The number of sulfone groups is 1. The van der Waals surface area contributed by atoms with E-state index in [-0.39, 0.29) is 40.6 Å². The first-order chi connectivity index (χ1) is 16.8. The number of anilines is 2. The van der Waals surface area contributed by atoms with Gasteiger partial charge in [0.15, 0.2) is 5.65 Å². The average molecular weight is 524 g/mol. The van der Waals surface area contributed by atoms with Crippen LogP contribution < -0.4 is 16.0 Å². The number of nitrogens with zero attached hydrogens (tertiary/aromatic N) is 5. The lowest BCUT2D eigenvalue weighted by molar-refractivity contribution is -0.137. The van der Waals surface area contributed by atoms with Gasteiger partial charge in [0.1, 0.15) is 15.7 Å². The van der Waals surface area contributed by atoms with E-state index in [1.807, 2.05) is 13.8 Å². The zero-order valence-electron chi connectivity index (χ0n) is 20.0. The number of hydrogen-bond acceptors (Lipinski definition) is 8. The molecule has 2 fully saturated rings. The second-order valence-electron chi connectivity index (χ2n) is 10.2. The summed E-state index contributed by atoms with van der Waals surface area (Å²) in [6, 6.07) is 4.78. The van der Waals surface area contributed by atoms with Crippen LogP contribution in [0, 0.1) is 5.92 Å². The molecule has 0 atom stereocenters. The summed E-state index contributed by atoms with van der Waals surface area (Å²) >= 11 is 0. The molecule has 3 aromatic rings. The molecule has 4 heterocycles. The molecule has 36 heavy (non-hydrogen) atoms. The van der Waals surface area contributed by atoms with Crippen molar-refractivity contribution in [1.29, 1.82) is 0 Å². The van der Waals surface area contributed by atoms with E-state index in [2.05, 4.69) is 20.3 Å². The molecule has 0 unspecified atom stereocenters. The molecule has 0 amide bonds. The van der Waals surface area contributed by atoms with Gasteiger partial charge in [-0.1, -0.05) is 6.07 Å². The highest BCUT2D eigenvalue weighted by Gasteiger charge is 2.38. The SMILES string of the molecule is CC(C)(N)C1CN(c2nc(NC3CCS(=O)(=O)CC3)nc3c2cnn3-c2cccc(C(F)(F)F)c2)C1. The third kappa shape index (κ3) is 4.85. The van der Waals surface area contributed by atoms with Crippen LogP contribution in [0.25, 0.3) is 16.7 Å². The minimum Gasteiger partial charge on any atom is -0.355 e. The molecule has 2 aliphatic rings. The van der Waals surface area contributed by atoms with Crippen molar-refractivity contribution in [1.82, 2.24) is 19.7 Å². The minimum absolute atomic E-state index is 0.0846. The van der Waals surface area contributed by atoms with Crippen molar-refractivity contribution in [2.75, 3.05) is 34.8 Å². The number of alkyl halides is 3. The van der Waals surface area contributed by atoms with Crippen molar-refractivity contribution >= 4 is 32.6 Å². The monoisotopic (exact) mass is 523 g/mol. The molecule has 0 saturated carbocycles. The topological polar surface area (TPSA) is 119 Å². The van der Waals surface area contributed by atoms with Crippen molar-refractivity contribution in [2.24, 2.45) is 11.7 Å². The average Bonchev–Trinajstić information content (AvgIpc) is 3.17. The fourth-order valence-electron chi connectivity index (χ4n) is 4.54. The fraction of sp³-hybridized carbons (Fsp3) is 0.522. The Kier molecular flexibility index (Phi) is 5.90. The van der Waals surface area contributed by atoms with E-state index in [1.165, 1.54) is 10.7 Å². The first-order valence-corrected chi connectivity index (χ1v) is 13.6. The second kappa shape index (κ2) is 8.58. The smallest absolute Gasteiger partial charge is 0.355 e. The first kappa shape index (κ1) is 24.8. The number of halogens is 3. The minimum atomic E-state index is -4.49. The van der Waals surface area contributed by atoms with Crippen LogP contribution in [-0.2, 0) is 16.0 Å². The van der Waals surface area contributed by atoms with Crippen LogP contribution in [0.3, 0.4) is 0 Å². The van der Waals surface area contributed by atoms with E-state index in [9.17, 15) is 21.6 Å². The lowest BCUT2D eigenvalue weighted by Crippen LogP contribution is -2.59. The van der Waals surface area contributed by atoms with Crippen LogP contribution in [0.2, 0.25) is 0 Å². The number of nitrogens with two attached hydrogens (primary N) is 1. The third-order valence-electron chi connectivity index (χ3n) is 6.95. The highest BCUT2D eigenvalue weighted by atomic mass is 32.2. The molecule has 2 aliphatic heterocycles. The zero-order chi connectivity index (χ0) is 25.9. The summed E-state index contributed by atoms with van der Waals surface area (Å²) in [6.07, 6.45) is -2.07. The Balaban J connectivity index is 1.54. The largest absolute Gasteiger partial charge is 0.416 e. The summed E-state index contributed by atoms with van der Waals surface area (Å²) in [6.45, 7) is 5.29. The maximum atomic E-state index is 13.3. The molecule has 2 aromatic heterocycles. The summed E-state index contributed by atoms with van der Waals surface area (Å²) < 4.78 is 65.0. The standard InChI is InChI=1S/C23H28F3N7O2S/c1-22(2,27)15-12-32(13-15)19-18-11-28-33(17-5-3-4-14(10-17)23(24,25)26)20(18)31-21(30-19)29-16-6-8-36(34,35)9-7-16/h3-5,10-11,15-16H,6-9,12-13,27H2,1-2H3,(H,29,30,31). The molecule has 0 spiro atoms. The van der Waals surface area contributed by atoms with Crippen molar-refractivity contribution in [3.63, 3.8) is 0 Å². The molecule has 0 bridgehead atoms. The van der Waals surface area contributed by atoms with E-state index >= 15 is 0 Å². The lowest BCUT2D eigenvalue weighted by atomic mass is 9.82. The molecule has 194 valence electrons. The maximum absolute atomic E-state index is 13.3. The molecule has 2 saturated heterocycles. The van der Waals surface area contributed by atoms with Gasteiger partial charge in [-0.2, -0.15) is 28.2 Å². The number of aromatic nitrogens is 4. The predicted octanol–water partition coefficient (Wildman–Crippen LogP) is 3.00. The third-order valence-corrected chi connectivity index (χ3v) is 8.66. The van der Waals surface area contributed by atoms with Gasteiger partial charge in [-0.05, 0) is 44.9 Å². The molecule has 3 N–H and O–H groups in total. The van der Waals surface area contributed by atoms with Gasteiger partial charge in [-0.15, -0.1) is 0 Å². The predicted molar refractivity (Wildman–Crippen MR) is 131 cm³/mol. The van der Waals surface area contributed by atoms with Gasteiger partial charge in [0.05, 0.1) is 34.3 Å². The Bertz CT molecular complexity index is 1380. The van der Waals surface area contributed by atoms with Gasteiger partial charge in [-0.25, -0.2) is 13.1 Å². The van der Waals surface area contributed by atoms with E-state index in [1.54, 1.807) is 12.3 Å². The Morgan fingerprint density at radius 3 is 2.44 bits per heavy atom. The van der Waals surface area contributed by atoms with Crippen molar-refractivity contribution in [3.05, 3.63) is 36.0 Å². The zero-order valence-corrected chi connectivity index (χ0v) is 20.8. The summed E-state index contributed by atoms with van der Waals surface area (Å²) in [7, 11) is -3.04. The second-order valence-corrected chi connectivity index (χ2v) is 12.5.